The molecule has 5 heteroatoms. The zero-order chi connectivity index (χ0) is 16.3. The summed E-state index contributed by atoms with van der Waals surface area (Å²) in [5, 5.41) is 5.03. The SMILES string of the molecule is CCOC(=O)/C(C)=C1\NC(c2ccccc2)CC(C)(C)N1N. The van der Waals surface area contributed by atoms with E-state index in [2.05, 4.69) is 31.3 Å². The molecule has 0 saturated carbocycles. The molecule has 120 valence electrons. The molecule has 0 bridgehead atoms. The molecule has 1 aromatic rings. The minimum Gasteiger partial charge on any atom is -0.463 e. The van der Waals surface area contributed by atoms with Crippen LogP contribution in [0.5, 0.6) is 0 Å². The number of hydrogen-bond acceptors (Lipinski definition) is 5. The van der Waals surface area contributed by atoms with Crippen molar-refractivity contribution in [3.63, 3.8) is 0 Å². The second-order valence-electron chi connectivity index (χ2n) is 6.19. The van der Waals surface area contributed by atoms with Crippen LogP contribution < -0.4 is 11.2 Å². The maximum absolute atomic E-state index is 12.0. The number of benzene rings is 1. The van der Waals surface area contributed by atoms with Crippen LogP contribution >= 0.6 is 0 Å². The van der Waals surface area contributed by atoms with Crippen molar-refractivity contribution in [1.29, 1.82) is 0 Å². The Kier molecular flexibility index (Phi) is 4.76. The molecule has 0 aromatic heterocycles. The highest BCUT2D eigenvalue weighted by Crippen LogP contribution is 2.35. The molecule has 5 nitrogen and oxygen atoms in total. The smallest absolute Gasteiger partial charge is 0.337 e. The number of ether oxygens (including phenoxy) is 1. The van der Waals surface area contributed by atoms with Gasteiger partial charge in [-0.2, -0.15) is 0 Å². The molecule has 2 rings (SSSR count). The Hall–Kier alpha value is -2.01. The minimum atomic E-state index is -0.343. The van der Waals surface area contributed by atoms with Crippen LogP contribution in [0.15, 0.2) is 41.7 Å². The van der Waals surface area contributed by atoms with Crippen LogP contribution in [-0.2, 0) is 9.53 Å². The normalized spacial score (nSPS) is 22.8. The zero-order valence-electron chi connectivity index (χ0n) is 13.7. The van der Waals surface area contributed by atoms with Crippen molar-refractivity contribution in [3.05, 3.63) is 47.3 Å². The van der Waals surface area contributed by atoms with Gasteiger partial charge in [-0.3, -0.25) is 5.01 Å². The average Bonchev–Trinajstić information content (AvgIpc) is 2.50. The Balaban J connectivity index is 2.37. The van der Waals surface area contributed by atoms with E-state index in [0.29, 0.717) is 18.0 Å². The number of nitrogens with one attached hydrogen (secondary N) is 1. The highest BCUT2D eigenvalue weighted by molar-refractivity contribution is 5.88. The predicted octanol–water partition coefficient (Wildman–Crippen LogP) is 2.47. The third-order valence-corrected chi connectivity index (χ3v) is 4.05. The summed E-state index contributed by atoms with van der Waals surface area (Å²) in [6, 6.07) is 10.3. The van der Waals surface area contributed by atoms with E-state index in [4.69, 9.17) is 10.6 Å². The van der Waals surface area contributed by atoms with Gasteiger partial charge in [0.25, 0.3) is 0 Å². The molecular weight excluding hydrogens is 278 g/mol. The molecule has 0 amide bonds. The molecule has 0 spiro atoms. The first kappa shape index (κ1) is 16.4. The Morgan fingerprint density at radius 1 is 1.41 bits per heavy atom. The summed E-state index contributed by atoms with van der Waals surface area (Å²) < 4.78 is 5.10. The fourth-order valence-electron chi connectivity index (χ4n) is 2.70. The molecule has 1 unspecified atom stereocenters. The monoisotopic (exact) mass is 303 g/mol. The summed E-state index contributed by atoms with van der Waals surface area (Å²) in [4.78, 5) is 12.0. The molecule has 1 saturated heterocycles. The van der Waals surface area contributed by atoms with Crippen LogP contribution in [0.2, 0.25) is 0 Å². The largest absolute Gasteiger partial charge is 0.463 e. The fourth-order valence-corrected chi connectivity index (χ4v) is 2.70. The second kappa shape index (κ2) is 6.40. The number of carbonyl (C=O) groups is 1. The first-order valence-electron chi connectivity index (χ1n) is 7.61. The van der Waals surface area contributed by atoms with Gasteiger partial charge in [0.15, 0.2) is 0 Å². The van der Waals surface area contributed by atoms with Gasteiger partial charge in [-0.25, -0.2) is 10.6 Å². The first-order chi connectivity index (χ1) is 10.4. The molecule has 0 radical (unpaired) electrons. The summed E-state index contributed by atoms with van der Waals surface area (Å²) in [7, 11) is 0. The summed E-state index contributed by atoms with van der Waals surface area (Å²) in [5.41, 5.74) is 1.41. The minimum absolute atomic E-state index is 0.107. The molecule has 1 aliphatic rings. The van der Waals surface area contributed by atoms with E-state index in [-0.39, 0.29) is 17.6 Å². The van der Waals surface area contributed by atoms with Crippen molar-refractivity contribution in [2.45, 2.75) is 45.7 Å². The summed E-state index contributed by atoms with van der Waals surface area (Å²) in [6.07, 6.45) is 0.840. The highest BCUT2D eigenvalue weighted by Gasteiger charge is 2.37. The number of nitrogens with two attached hydrogens (primary N) is 1. The van der Waals surface area contributed by atoms with Crippen molar-refractivity contribution >= 4 is 5.97 Å². The Labute approximate surface area is 132 Å². The molecular formula is C17H25N3O2. The van der Waals surface area contributed by atoms with Crippen molar-refractivity contribution in [3.8, 4) is 0 Å². The van der Waals surface area contributed by atoms with Crippen LogP contribution in [0.1, 0.15) is 45.7 Å². The predicted molar refractivity (Wildman–Crippen MR) is 86.4 cm³/mol. The summed E-state index contributed by atoms with van der Waals surface area (Å²) in [6.45, 7) is 8.02. The maximum atomic E-state index is 12.0. The molecule has 22 heavy (non-hydrogen) atoms. The first-order valence-corrected chi connectivity index (χ1v) is 7.61. The summed E-state index contributed by atoms with van der Waals surface area (Å²) in [5.74, 6) is 6.52. The third-order valence-electron chi connectivity index (χ3n) is 4.05. The quantitative estimate of drug-likeness (QED) is 0.510. The number of rotatable bonds is 3. The van der Waals surface area contributed by atoms with Gasteiger partial charge in [0.2, 0.25) is 0 Å². The van der Waals surface area contributed by atoms with Gasteiger partial charge in [-0.1, -0.05) is 30.3 Å². The molecule has 1 atom stereocenters. The number of carbonyl (C=O) groups excluding carboxylic acids is 1. The standard InChI is InChI=1S/C17H25N3O2/c1-5-22-16(21)12(2)15-19-14(11-17(3,4)20(15)18)13-9-7-6-8-10-13/h6-10,14,19H,5,11,18H2,1-4H3/b15-12+. The van der Waals surface area contributed by atoms with Gasteiger partial charge in [-0.05, 0) is 39.7 Å². The van der Waals surface area contributed by atoms with Gasteiger partial charge >= 0.3 is 5.97 Å². The molecule has 1 aromatic carbocycles. The molecule has 3 N–H and O–H groups in total. The van der Waals surface area contributed by atoms with E-state index in [9.17, 15) is 4.79 Å². The van der Waals surface area contributed by atoms with E-state index in [1.54, 1.807) is 18.9 Å². The number of esters is 1. The second-order valence-corrected chi connectivity index (χ2v) is 6.19. The molecule has 0 aliphatic carbocycles. The van der Waals surface area contributed by atoms with Crippen molar-refractivity contribution in [2.75, 3.05) is 6.61 Å². The maximum Gasteiger partial charge on any atom is 0.337 e. The topological polar surface area (TPSA) is 67.6 Å². The lowest BCUT2D eigenvalue weighted by atomic mass is 9.87. The lowest BCUT2D eigenvalue weighted by molar-refractivity contribution is -0.138. The van der Waals surface area contributed by atoms with E-state index in [1.807, 2.05) is 18.2 Å². The van der Waals surface area contributed by atoms with E-state index in [1.165, 1.54) is 5.56 Å². The van der Waals surface area contributed by atoms with Gasteiger partial charge in [0.1, 0.15) is 5.82 Å². The van der Waals surface area contributed by atoms with Gasteiger partial charge in [0, 0.05) is 0 Å². The van der Waals surface area contributed by atoms with Crippen LogP contribution in [0.3, 0.4) is 0 Å². The van der Waals surface area contributed by atoms with Gasteiger partial charge in [-0.15, -0.1) is 0 Å². The van der Waals surface area contributed by atoms with Gasteiger partial charge < -0.3 is 10.1 Å². The average molecular weight is 303 g/mol. The number of hydrogen-bond donors (Lipinski definition) is 2. The van der Waals surface area contributed by atoms with Crippen LogP contribution in [0, 0.1) is 0 Å². The lowest BCUT2D eigenvalue weighted by Gasteiger charge is -2.47. The van der Waals surface area contributed by atoms with E-state index >= 15 is 0 Å². The summed E-state index contributed by atoms with van der Waals surface area (Å²) >= 11 is 0. The van der Waals surface area contributed by atoms with E-state index in [0.717, 1.165) is 6.42 Å². The van der Waals surface area contributed by atoms with Crippen molar-refractivity contribution < 1.29 is 9.53 Å². The Morgan fingerprint density at radius 3 is 2.64 bits per heavy atom. The molecule has 1 heterocycles. The lowest BCUT2D eigenvalue weighted by Crippen LogP contribution is -2.58. The third kappa shape index (κ3) is 3.25. The number of hydrazine groups is 1. The number of nitrogens with zero attached hydrogens (tertiary/aromatic N) is 1. The fraction of sp³-hybridized carbons (Fsp3) is 0.471. The van der Waals surface area contributed by atoms with Crippen molar-refractivity contribution in [1.82, 2.24) is 10.3 Å². The van der Waals surface area contributed by atoms with Crippen LogP contribution in [-0.4, -0.2) is 23.1 Å². The van der Waals surface area contributed by atoms with Crippen LogP contribution in [0.25, 0.3) is 0 Å². The highest BCUT2D eigenvalue weighted by atomic mass is 16.5. The Morgan fingerprint density at radius 2 is 2.05 bits per heavy atom. The molecule has 1 fully saturated rings. The van der Waals surface area contributed by atoms with Gasteiger partial charge in [0.05, 0.1) is 23.8 Å². The van der Waals surface area contributed by atoms with E-state index < -0.39 is 0 Å². The Bertz CT molecular complexity index is 567. The van der Waals surface area contributed by atoms with Crippen LogP contribution in [0.4, 0.5) is 0 Å². The zero-order valence-corrected chi connectivity index (χ0v) is 13.7. The molecule has 1 aliphatic heterocycles. The van der Waals surface area contributed by atoms with Crippen molar-refractivity contribution in [2.24, 2.45) is 5.84 Å².